The van der Waals surface area contributed by atoms with Crippen molar-refractivity contribution in [3.05, 3.63) is 45.9 Å². The zero-order valence-corrected chi connectivity index (χ0v) is 15.2. The van der Waals surface area contributed by atoms with Crippen LogP contribution in [0.4, 0.5) is 5.82 Å². The summed E-state index contributed by atoms with van der Waals surface area (Å²) in [4.78, 5) is 33.9. The number of nitrogens with one attached hydrogen (secondary N) is 2. The van der Waals surface area contributed by atoms with Crippen molar-refractivity contribution in [2.45, 2.75) is 25.0 Å². The van der Waals surface area contributed by atoms with Gasteiger partial charge in [-0.3, -0.25) is 4.57 Å². The van der Waals surface area contributed by atoms with Crippen molar-refractivity contribution in [3.8, 4) is 0 Å². The number of aromatic amines is 1. The van der Waals surface area contributed by atoms with Crippen LogP contribution in [0.25, 0.3) is 11.2 Å². The molecule has 27 heavy (non-hydrogen) atoms. The maximum absolute atomic E-state index is 12.5. The molecule has 1 atom stereocenters. The van der Waals surface area contributed by atoms with E-state index in [9.17, 15) is 13.8 Å². The molecule has 0 saturated carbocycles. The van der Waals surface area contributed by atoms with Gasteiger partial charge in [-0.1, -0.05) is 19.1 Å². The number of carboxylic acids is 1. The molecule has 2 heterocycles. The van der Waals surface area contributed by atoms with Crippen LogP contribution in [0.15, 0.2) is 34.2 Å². The van der Waals surface area contributed by atoms with Gasteiger partial charge in [0.1, 0.15) is 15.2 Å². The molecule has 1 aromatic carbocycles. The second-order valence-electron chi connectivity index (χ2n) is 5.99. The molecular formula is C16H18N6O4S. The first-order valence-electron chi connectivity index (χ1n) is 8.07. The van der Waals surface area contributed by atoms with E-state index in [1.807, 2.05) is 0 Å². The number of anilines is 1. The van der Waals surface area contributed by atoms with Crippen LogP contribution in [0.3, 0.4) is 0 Å². The van der Waals surface area contributed by atoms with Gasteiger partial charge in [-0.15, -0.1) is 0 Å². The second kappa shape index (κ2) is 6.83. The van der Waals surface area contributed by atoms with Gasteiger partial charge in [-0.2, -0.15) is 4.98 Å². The Balaban J connectivity index is 2.10. The molecule has 11 heteroatoms. The van der Waals surface area contributed by atoms with E-state index in [1.54, 1.807) is 19.1 Å². The normalized spacial score (nSPS) is 13.5. The summed E-state index contributed by atoms with van der Waals surface area (Å²) in [7, 11) is -3.22. The fourth-order valence-electron chi connectivity index (χ4n) is 2.64. The van der Waals surface area contributed by atoms with Crippen molar-refractivity contribution in [1.82, 2.24) is 19.5 Å². The highest BCUT2D eigenvalue weighted by atomic mass is 32.2. The van der Waals surface area contributed by atoms with Gasteiger partial charge in [-0.05, 0) is 24.1 Å². The van der Waals surface area contributed by atoms with Crippen LogP contribution in [-0.4, -0.2) is 40.6 Å². The number of fused-ring (bicyclic) bond motifs is 1. The monoisotopic (exact) mass is 390 g/mol. The molecule has 5 N–H and O–H groups in total. The van der Waals surface area contributed by atoms with E-state index >= 15 is 0 Å². The summed E-state index contributed by atoms with van der Waals surface area (Å²) in [6.45, 7) is 1.89. The summed E-state index contributed by atoms with van der Waals surface area (Å²) in [6.07, 6.45) is 0.513. The second-order valence-corrected chi connectivity index (χ2v) is 8.11. The lowest BCUT2D eigenvalue weighted by Crippen LogP contribution is -2.18. The van der Waals surface area contributed by atoms with Gasteiger partial charge in [0.2, 0.25) is 5.16 Å². The van der Waals surface area contributed by atoms with Crippen LogP contribution in [0, 0.1) is 4.78 Å². The van der Waals surface area contributed by atoms with Gasteiger partial charge in [-0.25, -0.2) is 23.6 Å². The molecule has 142 valence electrons. The number of rotatable bonds is 6. The minimum atomic E-state index is -3.22. The van der Waals surface area contributed by atoms with Crippen LogP contribution < -0.4 is 11.4 Å². The maximum atomic E-state index is 12.5. The molecule has 0 bridgehead atoms. The number of aromatic carboxylic acids is 1. The molecule has 2 aromatic heterocycles. The molecule has 0 amide bonds. The van der Waals surface area contributed by atoms with Gasteiger partial charge in [0.05, 0.1) is 12.1 Å². The molecule has 0 aliphatic heterocycles. The number of benzene rings is 1. The number of nitrogens with two attached hydrogens (primary N) is 1. The number of hydrogen-bond donors (Lipinski definition) is 4. The molecule has 1 unspecified atom stereocenters. The maximum Gasteiger partial charge on any atom is 0.335 e. The topological polar surface area (TPSA) is 168 Å². The Hall–Kier alpha value is -3.21. The van der Waals surface area contributed by atoms with E-state index in [1.165, 1.54) is 16.7 Å². The van der Waals surface area contributed by atoms with E-state index in [0.29, 0.717) is 12.0 Å². The fourth-order valence-corrected chi connectivity index (χ4v) is 3.88. The Morgan fingerprint density at radius 1 is 1.33 bits per heavy atom. The Morgan fingerprint density at radius 3 is 2.59 bits per heavy atom. The number of hydrogen-bond acceptors (Lipinski definition) is 7. The van der Waals surface area contributed by atoms with Gasteiger partial charge < -0.3 is 15.8 Å². The van der Waals surface area contributed by atoms with E-state index in [-0.39, 0.29) is 40.0 Å². The molecule has 0 saturated heterocycles. The largest absolute Gasteiger partial charge is 0.478 e. The highest BCUT2D eigenvalue weighted by Gasteiger charge is 2.19. The van der Waals surface area contributed by atoms with Crippen LogP contribution in [-0.2, 0) is 16.3 Å². The summed E-state index contributed by atoms with van der Waals surface area (Å²) in [5, 5.41) is 8.76. The predicted molar refractivity (Wildman–Crippen MR) is 99.4 cm³/mol. The van der Waals surface area contributed by atoms with Crippen LogP contribution in [0.5, 0.6) is 0 Å². The highest BCUT2D eigenvalue weighted by Crippen LogP contribution is 2.19. The third-order valence-corrected chi connectivity index (χ3v) is 5.71. The number of nitrogens with zero attached hydrogens (tertiary/aromatic N) is 3. The molecular weight excluding hydrogens is 372 g/mol. The summed E-state index contributed by atoms with van der Waals surface area (Å²) >= 11 is 0. The van der Waals surface area contributed by atoms with E-state index in [0.717, 1.165) is 0 Å². The first kappa shape index (κ1) is 18.6. The standard InChI is InChI=1S/C16H18N6O4S/c1-2-7-27(18,26)15-20-12(17)11-13(21-15)22(16(25)19-11)8-9-3-5-10(6-4-9)14(23)24/h3-6,18H,2,7-8H2,1H3,(H,19,25)(H,23,24)(H2,17,20,21). The predicted octanol–water partition coefficient (Wildman–Crippen LogP) is 1.26. The van der Waals surface area contributed by atoms with Crippen LogP contribution >= 0.6 is 0 Å². The Bertz CT molecular complexity index is 1180. The first-order valence-corrected chi connectivity index (χ1v) is 9.80. The minimum Gasteiger partial charge on any atom is -0.478 e. The zero-order chi connectivity index (χ0) is 19.8. The molecule has 0 aliphatic rings. The van der Waals surface area contributed by atoms with Gasteiger partial charge in [0.25, 0.3) is 0 Å². The Kier molecular flexibility index (Phi) is 4.70. The van der Waals surface area contributed by atoms with Crippen molar-refractivity contribution in [2.24, 2.45) is 0 Å². The molecule has 0 fully saturated rings. The molecule has 3 aromatic rings. The molecule has 0 spiro atoms. The summed E-state index contributed by atoms with van der Waals surface area (Å²) in [5.74, 6) is -1.01. The Labute approximate surface area is 154 Å². The van der Waals surface area contributed by atoms with Gasteiger partial charge >= 0.3 is 11.7 Å². The molecule has 10 nitrogen and oxygen atoms in total. The van der Waals surface area contributed by atoms with Gasteiger partial charge in [0.15, 0.2) is 11.5 Å². The van der Waals surface area contributed by atoms with Gasteiger partial charge in [0, 0.05) is 5.75 Å². The number of carboxylic acid groups (broad SMARTS) is 1. The third kappa shape index (κ3) is 3.53. The third-order valence-electron chi connectivity index (χ3n) is 3.96. The van der Waals surface area contributed by atoms with E-state index < -0.39 is 21.4 Å². The summed E-state index contributed by atoms with van der Waals surface area (Å²) in [6, 6.07) is 6.05. The molecule has 3 rings (SSSR count). The highest BCUT2D eigenvalue weighted by molar-refractivity contribution is 7.92. The lowest BCUT2D eigenvalue weighted by atomic mass is 10.1. The van der Waals surface area contributed by atoms with Crippen molar-refractivity contribution >= 4 is 32.7 Å². The summed E-state index contributed by atoms with van der Waals surface area (Å²) in [5.41, 5.74) is 6.54. The van der Waals surface area contributed by atoms with Crippen LogP contribution in [0.2, 0.25) is 0 Å². The van der Waals surface area contributed by atoms with Crippen LogP contribution in [0.1, 0.15) is 29.3 Å². The summed E-state index contributed by atoms with van der Waals surface area (Å²) < 4.78 is 21.8. The number of nitrogen functional groups attached to an aromatic ring is 1. The smallest absolute Gasteiger partial charge is 0.335 e. The number of imidazole rings is 1. The Morgan fingerprint density at radius 2 is 2.00 bits per heavy atom. The lowest BCUT2D eigenvalue weighted by Gasteiger charge is -2.08. The SMILES string of the molecule is CCCS(=N)(=O)c1nc(N)c2[nH]c(=O)n(Cc3ccc(C(=O)O)cc3)c2n1. The lowest BCUT2D eigenvalue weighted by molar-refractivity contribution is 0.0697. The van der Waals surface area contributed by atoms with Crippen molar-refractivity contribution in [1.29, 1.82) is 4.78 Å². The zero-order valence-electron chi connectivity index (χ0n) is 14.4. The number of carbonyl (C=O) groups is 1. The van der Waals surface area contributed by atoms with E-state index in [4.69, 9.17) is 15.6 Å². The molecule has 0 aliphatic carbocycles. The van der Waals surface area contributed by atoms with Crippen molar-refractivity contribution in [2.75, 3.05) is 11.5 Å². The first-order chi connectivity index (χ1) is 12.7. The van der Waals surface area contributed by atoms with Crippen molar-refractivity contribution < 1.29 is 14.1 Å². The minimum absolute atomic E-state index is 0.0526. The average Bonchev–Trinajstić information content (AvgIpc) is 2.92. The average molecular weight is 390 g/mol. The number of H-pyrrole nitrogens is 1. The van der Waals surface area contributed by atoms with E-state index in [2.05, 4.69) is 15.0 Å². The quantitative estimate of drug-likeness (QED) is 0.459. The molecule has 0 radical (unpaired) electrons. The van der Waals surface area contributed by atoms with Crippen molar-refractivity contribution in [3.63, 3.8) is 0 Å². The fraction of sp³-hybridized carbons (Fsp3) is 0.250. The number of aromatic nitrogens is 4.